The number of aliphatic hydroxyl groups excluding tert-OH is 1. The summed E-state index contributed by atoms with van der Waals surface area (Å²) in [7, 11) is 1.67. The molecule has 0 radical (unpaired) electrons. The Balaban J connectivity index is 1.40. The van der Waals surface area contributed by atoms with Gasteiger partial charge in [-0.1, -0.05) is 25.0 Å². The normalized spacial score (nSPS) is 20.8. The van der Waals surface area contributed by atoms with Gasteiger partial charge in [-0.2, -0.15) is 4.98 Å². The molecule has 8 nitrogen and oxygen atoms in total. The van der Waals surface area contributed by atoms with Crippen molar-refractivity contribution in [1.29, 1.82) is 0 Å². The van der Waals surface area contributed by atoms with Gasteiger partial charge in [-0.3, -0.25) is 0 Å². The van der Waals surface area contributed by atoms with Crippen molar-refractivity contribution in [2.24, 2.45) is 5.92 Å². The number of cyclic esters (lactones) is 1. The van der Waals surface area contributed by atoms with Crippen LogP contribution in [0.1, 0.15) is 66.9 Å². The first-order chi connectivity index (χ1) is 17.3. The number of nitrogens with zero attached hydrogens (tertiary/aromatic N) is 4. The zero-order valence-electron chi connectivity index (χ0n) is 21.5. The zero-order chi connectivity index (χ0) is 25.4. The van der Waals surface area contributed by atoms with Crippen LogP contribution in [0.5, 0.6) is 5.75 Å². The second-order valence-corrected chi connectivity index (χ2v) is 10.3. The number of methoxy groups -OCH3 is 1. The molecule has 1 fully saturated rings. The van der Waals surface area contributed by atoms with Crippen molar-refractivity contribution >= 4 is 11.7 Å². The molecule has 36 heavy (non-hydrogen) atoms. The summed E-state index contributed by atoms with van der Waals surface area (Å²) >= 11 is 0. The van der Waals surface area contributed by atoms with E-state index in [0.29, 0.717) is 24.4 Å². The minimum atomic E-state index is -0.698. The van der Waals surface area contributed by atoms with Crippen molar-refractivity contribution in [3.8, 4) is 5.75 Å². The number of carbonyl (C=O) groups is 1. The van der Waals surface area contributed by atoms with E-state index in [1.165, 1.54) is 5.56 Å². The number of ether oxygens (including phenoxy) is 2. The first-order valence-corrected chi connectivity index (χ1v) is 12.8. The average molecular weight is 491 g/mol. The maximum Gasteiger partial charge on any atom is 0.338 e. The van der Waals surface area contributed by atoms with E-state index >= 15 is 0 Å². The van der Waals surface area contributed by atoms with E-state index in [0.717, 1.165) is 54.8 Å². The van der Waals surface area contributed by atoms with Crippen molar-refractivity contribution in [2.75, 3.05) is 7.11 Å². The third-order valence-corrected chi connectivity index (χ3v) is 7.75. The van der Waals surface area contributed by atoms with Gasteiger partial charge in [0.1, 0.15) is 17.1 Å². The molecule has 1 N–H and O–H groups in total. The lowest BCUT2D eigenvalue weighted by Crippen LogP contribution is -2.46. The van der Waals surface area contributed by atoms with E-state index in [4.69, 9.17) is 9.47 Å². The Bertz CT molecular complexity index is 1340. The van der Waals surface area contributed by atoms with E-state index in [-0.39, 0.29) is 23.7 Å². The van der Waals surface area contributed by atoms with Gasteiger partial charge in [0.2, 0.25) is 0 Å². The van der Waals surface area contributed by atoms with Crippen molar-refractivity contribution in [3.05, 3.63) is 63.9 Å². The summed E-state index contributed by atoms with van der Waals surface area (Å²) < 4.78 is 13.3. The van der Waals surface area contributed by atoms with E-state index in [2.05, 4.69) is 27.2 Å². The van der Waals surface area contributed by atoms with Crippen molar-refractivity contribution in [2.45, 2.75) is 77.7 Å². The second kappa shape index (κ2) is 9.56. The molecule has 1 aliphatic carbocycles. The van der Waals surface area contributed by atoms with Crippen LogP contribution in [0.25, 0.3) is 5.78 Å². The molecule has 190 valence electrons. The fraction of sp³-hybridized carbons (Fsp3) is 0.500. The predicted octanol–water partition coefficient (Wildman–Crippen LogP) is 4.92. The molecule has 1 aliphatic heterocycles. The van der Waals surface area contributed by atoms with Crippen LogP contribution in [-0.4, -0.2) is 43.4 Å². The Morgan fingerprint density at radius 1 is 1.17 bits per heavy atom. The summed E-state index contributed by atoms with van der Waals surface area (Å²) in [5.41, 5.74) is 3.56. The highest BCUT2D eigenvalue weighted by Crippen LogP contribution is 2.46. The zero-order valence-corrected chi connectivity index (χ0v) is 21.5. The third kappa shape index (κ3) is 4.56. The standard InChI is InChI=1S/C28H34N4O4/c1-17-13-20(9-10-24(17)35-4)11-12-28(21-7-5-6-8-21)16-23(33)22(26(34)36-28)15-25-30-27-29-18(2)14-19(3)32(27)31-25/h9-10,13-14,21,33H,5-8,11-12,15-16H2,1-4H3. The third-order valence-electron chi connectivity index (χ3n) is 7.75. The molecule has 0 saturated heterocycles. The lowest BCUT2D eigenvalue weighted by atomic mass is 9.76. The lowest BCUT2D eigenvalue weighted by molar-refractivity contribution is -0.167. The summed E-state index contributed by atoms with van der Waals surface area (Å²) in [5.74, 6) is 1.67. The lowest BCUT2D eigenvalue weighted by Gasteiger charge is -2.41. The van der Waals surface area contributed by atoms with Crippen molar-refractivity contribution < 1.29 is 19.4 Å². The molecule has 5 rings (SSSR count). The van der Waals surface area contributed by atoms with Gasteiger partial charge in [0.05, 0.1) is 12.7 Å². The molecule has 2 aromatic heterocycles. The summed E-state index contributed by atoms with van der Waals surface area (Å²) in [6.45, 7) is 5.87. The van der Waals surface area contributed by atoms with Gasteiger partial charge >= 0.3 is 5.97 Å². The molecule has 1 saturated carbocycles. The summed E-state index contributed by atoms with van der Waals surface area (Å²) in [4.78, 5) is 22.2. The quantitative estimate of drug-likeness (QED) is 0.469. The number of benzene rings is 1. The summed E-state index contributed by atoms with van der Waals surface area (Å²) in [5, 5.41) is 15.7. The molecule has 1 aromatic carbocycles. The van der Waals surface area contributed by atoms with Crippen LogP contribution in [0.2, 0.25) is 0 Å². The number of esters is 1. The molecular formula is C28H34N4O4. The number of carbonyl (C=O) groups excluding carboxylic acids is 1. The van der Waals surface area contributed by atoms with Crippen LogP contribution in [0.4, 0.5) is 0 Å². The van der Waals surface area contributed by atoms with Gasteiger partial charge in [-0.25, -0.2) is 14.3 Å². The first kappa shape index (κ1) is 24.3. The molecular weight excluding hydrogens is 456 g/mol. The number of aryl methyl sites for hydroxylation is 4. The fourth-order valence-electron chi connectivity index (χ4n) is 5.88. The Morgan fingerprint density at radius 3 is 2.64 bits per heavy atom. The maximum absolute atomic E-state index is 13.3. The maximum atomic E-state index is 13.3. The number of rotatable bonds is 7. The van der Waals surface area contributed by atoms with Crippen LogP contribution in [0.15, 0.2) is 35.6 Å². The van der Waals surface area contributed by atoms with Gasteiger partial charge in [-0.15, -0.1) is 5.10 Å². The molecule has 2 aliphatic rings. The fourth-order valence-corrected chi connectivity index (χ4v) is 5.88. The SMILES string of the molecule is COc1ccc(CCC2(C3CCCC3)CC(O)=C(Cc3nc4nc(C)cc(C)n4n3)C(=O)O2)cc1C. The van der Waals surface area contributed by atoms with Crippen molar-refractivity contribution in [1.82, 2.24) is 19.6 Å². The van der Waals surface area contributed by atoms with E-state index in [1.807, 2.05) is 32.9 Å². The second-order valence-electron chi connectivity index (χ2n) is 10.3. The van der Waals surface area contributed by atoms with E-state index < -0.39 is 11.6 Å². The number of fused-ring (bicyclic) bond motifs is 1. The van der Waals surface area contributed by atoms with E-state index in [1.54, 1.807) is 11.6 Å². The molecule has 0 bridgehead atoms. The van der Waals surface area contributed by atoms with Crippen LogP contribution in [0, 0.1) is 26.7 Å². The van der Waals surface area contributed by atoms with Gasteiger partial charge in [0.25, 0.3) is 5.78 Å². The summed E-state index contributed by atoms with van der Waals surface area (Å²) in [6, 6.07) is 8.10. The molecule has 3 aromatic rings. The predicted molar refractivity (Wildman–Crippen MR) is 135 cm³/mol. The average Bonchev–Trinajstić information content (AvgIpc) is 3.51. The first-order valence-electron chi connectivity index (χ1n) is 12.8. The van der Waals surface area contributed by atoms with E-state index in [9.17, 15) is 9.90 Å². The molecule has 1 unspecified atom stereocenters. The topological polar surface area (TPSA) is 98.8 Å². The van der Waals surface area contributed by atoms with Crippen LogP contribution < -0.4 is 4.74 Å². The van der Waals surface area contributed by atoms with Gasteiger partial charge in [0, 0.05) is 24.2 Å². The van der Waals surface area contributed by atoms with Crippen LogP contribution in [0.3, 0.4) is 0 Å². The number of aliphatic hydroxyl groups is 1. The Kier molecular flexibility index (Phi) is 6.45. The highest BCUT2D eigenvalue weighted by molar-refractivity contribution is 5.90. The van der Waals surface area contributed by atoms with Crippen molar-refractivity contribution in [3.63, 3.8) is 0 Å². The number of hydrogen-bond acceptors (Lipinski definition) is 7. The molecule has 0 spiro atoms. The molecule has 8 heteroatoms. The minimum absolute atomic E-state index is 0.101. The Morgan fingerprint density at radius 2 is 1.94 bits per heavy atom. The molecule has 1 atom stereocenters. The summed E-state index contributed by atoms with van der Waals surface area (Å²) in [6.07, 6.45) is 6.14. The highest BCUT2D eigenvalue weighted by atomic mass is 16.6. The molecule has 0 amide bonds. The molecule has 3 heterocycles. The Hall–Kier alpha value is -3.42. The minimum Gasteiger partial charge on any atom is -0.512 e. The Labute approximate surface area is 211 Å². The largest absolute Gasteiger partial charge is 0.512 e. The smallest absolute Gasteiger partial charge is 0.338 e. The van der Waals surface area contributed by atoms with Gasteiger partial charge in [0.15, 0.2) is 5.82 Å². The van der Waals surface area contributed by atoms with Crippen LogP contribution >= 0.6 is 0 Å². The monoisotopic (exact) mass is 490 g/mol. The van der Waals surface area contributed by atoms with Crippen LogP contribution in [-0.2, 0) is 22.4 Å². The number of aromatic nitrogens is 4. The van der Waals surface area contributed by atoms with Gasteiger partial charge in [-0.05, 0) is 75.6 Å². The highest BCUT2D eigenvalue weighted by Gasteiger charge is 2.48. The number of hydrogen-bond donors (Lipinski definition) is 1. The van der Waals surface area contributed by atoms with Gasteiger partial charge < -0.3 is 14.6 Å².